The van der Waals surface area contributed by atoms with Crippen molar-refractivity contribution in [3.63, 3.8) is 0 Å². The Morgan fingerprint density at radius 1 is 0.345 bits per heavy atom. The summed E-state index contributed by atoms with van der Waals surface area (Å²) in [5, 5.41) is 2.57. The van der Waals surface area contributed by atoms with Gasteiger partial charge in [0.15, 0.2) is 5.82 Å². The van der Waals surface area contributed by atoms with Crippen molar-refractivity contribution in [1.29, 1.82) is 0 Å². The Labute approximate surface area is 323 Å². The second-order valence-corrected chi connectivity index (χ2v) is 14.7. The van der Waals surface area contributed by atoms with Crippen LogP contribution in [0, 0.1) is 0 Å². The molecule has 3 aromatic heterocycles. The van der Waals surface area contributed by atoms with Crippen molar-refractivity contribution in [2.24, 2.45) is 0 Å². The molecule has 258 valence electrons. The molecule has 0 radical (unpaired) electrons. The van der Waals surface area contributed by atoms with E-state index in [1.807, 2.05) is 48.0 Å². The lowest BCUT2D eigenvalue weighted by atomic mass is 9.92. The van der Waals surface area contributed by atoms with Crippen LogP contribution in [0.4, 0.5) is 0 Å². The third-order valence-electron chi connectivity index (χ3n) is 10.2. The first-order valence-corrected chi connectivity index (χ1v) is 19.2. The van der Waals surface area contributed by atoms with E-state index in [2.05, 4.69) is 169 Å². The number of thiophene rings is 1. The molecule has 10 aromatic rings. The largest absolute Gasteiger partial charge is 0.264 e. The van der Waals surface area contributed by atoms with Gasteiger partial charge in [0.25, 0.3) is 0 Å². The first-order valence-electron chi connectivity index (χ1n) is 18.4. The van der Waals surface area contributed by atoms with Crippen LogP contribution >= 0.6 is 11.3 Å². The molecular formula is C51H33N3S. The van der Waals surface area contributed by atoms with Gasteiger partial charge in [0.1, 0.15) is 0 Å². The van der Waals surface area contributed by atoms with Crippen LogP contribution in [-0.2, 0) is 0 Å². The Hall–Kier alpha value is -7.01. The summed E-state index contributed by atoms with van der Waals surface area (Å²) in [4.78, 5) is 15.0. The van der Waals surface area contributed by atoms with E-state index < -0.39 is 0 Å². The lowest BCUT2D eigenvalue weighted by Crippen LogP contribution is -1.97. The fraction of sp³-hybridized carbons (Fsp3) is 0. The van der Waals surface area contributed by atoms with Crippen molar-refractivity contribution >= 4 is 31.5 Å². The molecule has 0 saturated heterocycles. The molecule has 55 heavy (non-hydrogen) atoms. The van der Waals surface area contributed by atoms with Gasteiger partial charge in [0.2, 0.25) is 0 Å². The van der Waals surface area contributed by atoms with Crippen molar-refractivity contribution in [3.05, 3.63) is 200 Å². The Kier molecular flexibility index (Phi) is 8.36. The van der Waals surface area contributed by atoms with Crippen LogP contribution < -0.4 is 0 Å². The molecule has 0 fully saturated rings. The molecule has 0 N–H and O–H groups in total. The SMILES string of the molecule is c1ccc(-c2cccc(-c3cc(-c4cc(-c5ccccc5-c5cccnc5)nc(-c5ccccc5)n4)cc(-c4cccc5c4sc4ccccc45)c3)c2)cc1. The van der Waals surface area contributed by atoms with Crippen LogP contribution in [-0.4, -0.2) is 15.0 Å². The molecule has 0 atom stereocenters. The summed E-state index contributed by atoms with van der Waals surface area (Å²) >= 11 is 1.85. The Bertz CT molecular complexity index is 2970. The van der Waals surface area contributed by atoms with Crippen molar-refractivity contribution in [2.75, 3.05) is 0 Å². The molecule has 0 aliphatic rings. The van der Waals surface area contributed by atoms with E-state index in [1.165, 1.54) is 36.9 Å². The first kappa shape index (κ1) is 32.6. The number of pyridine rings is 1. The maximum absolute atomic E-state index is 5.31. The van der Waals surface area contributed by atoms with E-state index in [1.54, 1.807) is 0 Å². The van der Waals surface area contributed by atoms with Gasteiger partial charge < -0.3 is 0 Å². The Balaban J connectivity index is 1.22. The quantitative estimate of drug-likeness (QED) is 0.165. The second kappa shape index (κ2) is 14.1. The number of rotatable bonds is 7. The molecule has 0 saturated carbocycles. The van der Waals surface area contributed by atoms with Gasteiger partial charge in [-0.1, -0.05) is 146 Å². The average molecular weight is 720 g/mol. The van der Waals surface area contributed by atoms with Crippen LogP contribution in [0.2, 0.25) is 0 Å². The van der Waals surface area contributed by atoms with Crippen LogP contribution in [0.3, 0.4) is 0 Å². The highest BCUT2D eigenvalue weighted by Gasteiger charge is 2.18. The monoisotopic (exact) mass is 719 g/mol. The van der Waals surface area contributed by atoms with E-state index in [4.69, 9.17) is 9.97 Å². The third-order valence-corrected chi connectivity index (χ3v) is 11.4. The maximum atomic E-state index is 5.31. The number of benzene rings is 7. The van der Waals surface area contributed by atoms with Gasteiger partial charge in [-0.05, 0) is 81.4 Å². The minimum Gasteiger partial charge on any atom is -0.264 e. The van der Waals surface area contributed by atoms with E-state index in [0.717, 1.165) is 55.9 Å². The molecule has 0 bridgehead atoms. The highest BCUT2D eigenvalue weighted by Crippen LogP contribution is 2.43. The van der Waals surface area contributed by atoms with E-state index >= 15 is 0 Å². The van der Waals surface area contributed by atoms with Gasteiger partial charge in [0.05, 0.1) is 11.4 Å². The molecule has 0 aliphatic heterocycles. The van der Waals surface area contributed by atoms with Crippen LogP contribution in [0.1, 0.15) is 0 Å². The average Bonchev–Trinajstić information content (AvgIpc) is 3.66. The minimum atomic E-state index is 0.679. The summed E-state index contributed by atoms with van der Waals surface area (Å²) < 4.78 is 2.57. The van der Waals surface area contributed by atoms with Gasteiger partial charge in [-0.3, -0.25) is 4.98 Å². The molecule has 7 aromatic carbocycles. The van der Waals surface area contributed by atoms with Gasteiger partial charge in [-0.15, -0.1) is 11.3 Å². The van der Waals surface area contributed by atoms with Crippen LogP contribution in [0.25, 0.3) is 98.6 Å². The zero-order valence-electron chi connectivity index (χ0n) is 29.8. The smallest absolute Gasteiger partial charge is 0.160 e. The van der Waals surface area contributed by atoms with Crippen LogP contribution in [0.15, 0.2) is 200 Å². The molecule has 0 unspecified atom stereocenters. The molecule has 0 spiro atoms. The zero-order valence-corrected chi connectivity index (χ0v) is 30.6. The minimum absolute atomic E-state index is 0.679. The highest BCUT2D eigenvalue weighted by molar-refractivity contribution is 7.26. The molecule has 0 aliphatic carbocycles. The number of fused-ring (bicyclic) bond motifs is 3. The Morgan fingerprint density at radius 3 is 1.75 bits per heavy atom. The number of hydrogen-bond acceptors (Lipinski definition) is 4. The zero-order chi connectivity index (χ0) is 36.6. The van der Waals surface area contributed by atoms with Crippen molar-refractivity contribution in [2.45, 2.75) is 0 Å². The lowest BCUT2D eigenvalue weighted by molar-refractivity contribution is 1.18. The summed E-state index contributed by atoms with van der Waals surface area (Å²) in [6.07, 6.45) is 3.72. The Morgan fingerprint density at radius 2 is 0.927 bits per heavy atom. The first-order chi connectivity index (χ1) is 27.2. The molecule has 4 heteroatoms. The second-order valence-electron chi connectivity index (χ2n) is 13.6. The number of aromatic nitrogens is 3. The summed E-state index contributed by atoms with van der Waals surface area (Å²) in [6.45, 7) is 0. The van der Waals surface area contributed by atoms with Gasteiger partial charge in [-0.2, -0.15) is 0 Å². The summed E-state index contributed by atoms with van der Waals surface area (Å²) in [6, 6.07) is 66.6. The summed E-state index contributed by atoms with van der Waals surface area (Å²) in [7, 11) is 0. The van der Waals surface area contributed by atoms with Crippen molar-refractivity contribution in [1.82, 2.24) is 15.0 Å². The van der Waals surface area contributed by atoms with Crippen molar-refractivity contribution in [3.8, 4) is 78.4 Å². The lowest BCUT2D eigenvalue weighted by Gasteiger charge is -2.15. The van der Waals surface area contributed by atoms with Crippen LogP contribution in [0.5, 0.6) is 0 Å². The van der Waals surface area contributed by atoms with Gasteiger partial charge >= 0.3 is 0 Å². The van der Waals surface area contributed by atoms with E-state index in [-0.39, 0.29) is 0 Å². The topological polar surface area (TPSA) is 38.7 Å². The fourth-order valence-corrected chi connectivity index (χ4v) is 8.75. The maximum Gasteiger partial charge on any atom is 0.160 e. The van der Waals surface area contributed by atoms with E-state index in [0.29, 0.717) is 5.82 Å². The molecule has 0 amide bonds. The predicted octanol–water partition coefficient (Wildman–Crippen LogP) is 13.9. The molecule has 10 rings (SSSR count). The standard InChI is InChI=1S/C51H33N3S/c1-3-14-34(15-4-1)36-18-11-19-37(28-36)39-29-40(43-24-12-25-46-45-23-9-10-26-49(45)55-50(43)46)31-41(30-39)47-32-48(54-51(53-47)35-16-5-2-6-17-35)44-22-8-7-21-42(44)38-20-13-27-52-33-38/h1-33H. The number of hydrogen-bond donors (Lipinski definition) is 0. The molecule has 3 nitrogen and oxygen atoms in total. The fourth-order valence-electron chi connectivity index (χ4n) is 7.51. The molecular weight excluding hydrogens is 687 g/mol. The third kappa shape index (κ3) is 6.29. The normalized spacial score (nSPS) is 11.3. The highest BCUT2D eigenvalue weighted by atomic mass is 32.1. The van der Waals surface area contributed by atoms with Gasteiger partial charge in [-0.25, -0.2) is 9.97 Å². The van der Waals surface area contributed by atoms with Gasteiger partial charge in [0, 0.05) is 54.8 Å². The summed E-state index contributed by atoms with van der Waals surface area (Å²) in [5.74, 6) is 0.679. The van der Waals surface area contributed by atoms with E-state index in [9.17, 15) is 0 Å². The predicted molar refractivity (Wildman–Crippen MR) is 231 cm³/mol. The number of nitrogens with zero attached hydrogens (tertiary/aromatic N) is 3. The summed E-state index contributed by atoms with van der Waals surface area (Å²) in [5.41, 5.74) is 13.8. The molecule has 3 heterocycles. The van der Waals surface area contributed by atoms with Crippen molar-refractivity contribution < 1.29 is 0 Å².